The van der Waals surface area contributed by atoms with E-state index in [-0.39, 0.29) is 0 Å². The summed E-state index contributed by atoms with van der Waals surface area (Å²) >= 11 is 5.79. The van der Waals surface area contributed by atoms with Crippen LogP contribution in [0.3, 0.4) is 0 Å². The molecule has 62 valence electrons. The van der Waals surface area contributed by atoms with E-state index in [4.69, 9.17) is 16.4 Å². The molecule has 0 amide bonds. The summed E-state index contributed by atoms with van der Waals surface area (Å²) in [5.74, 6) is 0. The van der Waals surface area contributed by atoms with Crippen LogP contribution in [-0.2, 0) is 0 Å². The normalized spacial score (nSPS) is 10.5. The maximum absolute atomic E-state index is 5.79. The summed E-state index contributed by atoms with van der Waals surface area (Å²) in [5.41, 5.74) is 1.72. The quantitative estimate of drug-likeness (QED) is 0.672. The molecule has 0 aliphatic rings. The van der Waals surface area contributed by atoms with Crippen molar-refractivity contribution in [3.63, 3.8) is 0 Å². The Labute approximate surface area is 74.5 Å². The first-order valence-electron chi connectivity index (χ1n) is 3.50. The van der Waals surface area contributed by atoms with Crippen molar-refractivity contribution in [1.29, 1.82) is 0 Å². The van der Waals surface area contributed by atoms with Gasteiger partial charge in [0.25, 0.3) is 0 Å². The zero-order chi connectivity index (χ0) is 8.55. The molecular weight excluding hydrogens is 176 g/mol. The molecule has 1 aromatic heterocycles. The smallest absolute Gasteiger partial charge is 0.237 e. The number of benzene rings is 1. The lowest BCUT2D eigenvalue weighted by Gasteiger charge is -2.00. The monoisotopic (exact) mass is 182 g/mol. The molecule has 0 fully saturated rings. The number of hydrogen-bond donors (Lipinski definition) is 0. The van der Waals surface area contributed by atoms with E-state index >= 15 is 0 Å². The molecule has 0 radical (unpaired) electrons. The van der Waals surface area contributed by atoms with E-state index in [0.717, 1.165) is 11.0 Å². The first-order valence-corrected chi connectivity index (χ1v) is 3.88. The van der Waals surface area contributed by atoms with Gasteiger partial charge < -0.3 is 4.84 Å². The Morgan fingerprint density at radius 3 is 2.92 bits per heavy atom. The van der Waals surface area contributed by atoms with E-state index in [1.54, 1.807) is 7.11 Å². The average molecular weight is 183 g/mol. The molecule has 2 rings (SSSR count). The van der Waals surface area contributed by atoms with Gasteiger partial charge in [-0.1, -0.05) is 12.1 Å². The van der Waals surface area contributed by atoms with Crippen LogP contribution >= 0.6 is 11.6 Å². The van der Waals surface area contributed by atoms with Crippen LogP contribution in [0.2, 0.25) is 5.28 Å². The zero-order valence-corrected chi connectivity index (χ0v) is 7.25. The van der Waals surface area contributed by atoms with Crippen molar-refractivity contribution in [3.8, 4) is 0 Å². The van der Waals surface area contributed by atoms with E-state index in [1.807, 2.05) is 24.3 Å². The second kappa shape index (κ2) is 2.68. The molecule has 2 aromatic rings. The number of halogens is 1. The van der Waals surface area contributed by atoms with Crippen molar-refractivity contribution in [2.24, 2.45) is 0 Å². The van der Waals surface area contributed by atoms with Crippen molar-refractivity contribution in [3.05, 3.63) is 29.5 Å². The van der Waals surface area contributed by atoms with Gasteiger partial charge in [-0.15, -0.1) is 0 Å². The Hall–Kier alpha value is -1.22. The lowest BCUT2D eigenvalue weighted by molar-refractivity contribution is 0.178. The first kappa shape index (κ1) is 7.43. The fourth-order valence-electron chi connectivity index (χ4n) is 1.15. The van der Waals surface area contributed by atoms with E-state index in [1.165, 1.54) is 4.73 Å². The Bertz CT molecular complexity index is 410. The van der Waals surface area contributed by atoms with Crippen molar-refractivity contribution in [1.82, 2.24) is 9.71 Å². The fraction of sp³-hybridized carbons (Fsp3) is 0.125. The minimum atomic E-state index is 0.346. The topological polar surface area (TPSA) is 27.1 Å². The molecule has 0 bridgehead atoms. The van der Waals surface area contributed by atoms with Crippen molar-refractivity contribution in [2.75, 3.05) is 7.11 Å². The number of imidazole rings is 1. The van der Waals surface area contributed by atoms with Crippen LogP contribution in [-0.4, -0.2) is 16.8 Å². The van der Waals surface area contributed by atoms with E-state index in [0.29, 0.717) is 5.28 Å². The first-order chi connectivity index (χ1) is 5.83. The minimum Gasteiger partial charge on any atom is -0.414 e. The van der Waals surface area contributed by atoms with Crippen LogP contribution in [0.15, 0.2) is 24.3 Å². The van der Waals surface area contributed by atoms with Gasteiger partial charge in [-0.3, -0.25) is 0 Å². The highest BCUT2D eigenvalue weighted by molar-refractivity contribution is 6.29. The third-order valence-corrected chi connectivity index (χ3v) is 1.90. The van der Waals surface area contributed by atoms with E-state index in [2.05, 4.69) is 4.98 Å². The molecule has 0 unspecified atom stereocenters. The minimum absolute atomic E-state index is 0.346. The molecule has 0 N–H and O–H groups in total. The molecule has 12 heavy (non-hydrogen) atoms. The molecule has 0 aliphatic carbocycles. The molecule has 0 saturated carbocycles. The maximum Gasteiger partial charge on any atom is 0.237 e. The Balaban J connectivity index is 2.81. The number of nitrogens with zero attached hydrogens (tertiary/aromatic N) is 2. The van der Waals surface area contributed by atoms with Crippen LogP contribution in [0.5, 0.6) is 0 Å². The zero-order valence-electron chi connectivity index (χ0n) is 6.49. The number of hydrogen-bond acceptors (Lipinski definition) is 2. The van der Waals surface area contributed by atoms with Gasteiger partial charge in [0.2, 0.25) is 5.28 Å². The third kappa shape index (κ3) is 0.940. The molecule has 0 aliphatic heterocycles. The predicted molar refractivity (Wildman–Crippen MR) is 47.2 cm³/mol. The Morgan fingerprint density at radius 1 is 1.42 bits per heavy atom. The molecule has 1 heterocycles. The second-order valence-electron chi connectivity index (χ2n) is 2.35. The van der Waals surface area contributed by atoms with Gasteiger partial charge in [-0.2, -0.15) is 4.73 Å². The molecule has 0 spiro atoms. The largest absolute Gasteiger partial charge is 0.414 e. The van der Waals surface area contributed by atoms with Gasteiger partial charge >= 0.3 is 0 Å². The Morgan fingerprint density at radius 2 is 2.17 bits per heavy atom. The molecule has 1 aromatic carbocycles. The summed E-state index contributed by atoms with van der Waals surface area (Å²) in [6.45, 7) is 0. The standard InChI is InChI=1S/C8H7ClN2O/c1-12-11-7-5-3-2-4-6(7)10-8(11)9/h2-5H,1H3. The lowest BCUT2D eigenvalue weighted by Crippen LogP contribution is -2.04. The molecular formula is C8H7ClN2O. The van der Waals surface area contributed by atoms with E-state index in [9.17, 15) is 0 Å². The van der Waals surface area contributed by atoms with Crippen LogP contribution in [0.4, 0.5) is 0 Å². The highest BCUT2D eigenvalue weighted by atomic mass is 35.5. The van der Waals surface area contributed by atoms with E-state index < -0.39 is 0 Å². The van der Waals surface area contributed by atoms with Gasteiger partial charge in [0.15, 0.2) is 0 Å². The average Bonchev–Trinajstić information content (AvgIpc) is 2.40. The van der Waals surface area contributed by atoms with Gasteiger partial charge in [0.05, 0.1) is 5.52 Å². The number of aromatic nitrogens is 2. The molecule has 3 nitrogen and oxygen atoms in total. The highest BCUT2D eigenvalue weighted by Crippen LogP contribution is 2.17. The highest BCUT2D eigenvalue weighted by Gasteiger charge is 2.06. The van der Waals surface area contributed by atoms with Crippen LogP contribution < -0.4 is 4.84 Å². The van der Waals surface area contributed by atoms with Crippen molar-refractivity contribution < 1.29 is 4.84 Å². The number of fused-ring (bicyclic) bond motifs is 1. The number of rotatable bonds is 1. The van der Waals surface area contributed by atoms with Crippen LogP contribution in [0, 0.1) is 0 Å². The molecule has 0 atom stereocenters. The van der Waals surface area contributed by atoms with Crippen LogP contribution in [0.1, 0.15) is 0 Å². The molecule has 4 heteroatoms. The summed E-state index contributed by atoms with van der Waals surface area (Å²) in [6, 6.07) is 7.61. The summed E-state index contributed by atoms with van der Waals surface area (Å²) < 4.78 is 1.48. The van der Waals surface area contributed by atoms with Gasteiger partial charge in [0, 0.05) is 0 Å². The summed E-state index contributed by atoms with van der Waals surface area (Å²) in [6.07, 6.45) is 0. The Kier molecular flexibility index (Phi) is 1.66. The summed E-state index contributed by atoms with van der Waals surface area (Å²) in [5, 5.41) is 0.346. The van der Waals surface area contributed by atoms with Gasteiger partial charge in [0.1, 0.15) is 12.6 Å². The van der Waals surface area contributed by atoms with Gasteiger partial charge in [-0.25, -0.2) is 4.98 Å². The second-order valence-corrected chi connectivity index (χ2v) is 2.68. The maximum atomic E-state index is 5.79. The summed E-state index contributed by atoms with van der Waals surface area (Å²) in [7, 11) is 1.56. The molecule has 0 saturated heterocycles. The van der Waals surface area contributed by atoms with Gasteiger partial charge in [-0.05, 0) is 23.7 Å². The number of para-hydroxylation sites is 2. The predicted octanol–water partition coefficient (Wildman–Crippen LogP) is 1.75. The lowest BCUT2D eigenvalue weighted by atomic mass is 10.3. The van der Waals surface area contributed by atoms with Crippen molar-refractivity contribution >= 4 is 22.6 Å². The fourth-order valence-corrected chi connectivity index (χ4v) is 1.40. The third-order valence-electron chi connectivity index (χ3n) is 1.66. The SMILES string of the molecule is COn1c(Cl)nc2ccccc21. The van der Waals surface area contributed by atoms with Crippen LogP contribution in [0.25, 0.3) is 11.0 Å². The van der Waals surface area contributed by atoms with Crippen molar-refractivity contribution in [2.45, 2.75) is 0 Å². The summed E-state index contributed by atoms with van der Waals surface area (Å²) in [4.78, 5) is 9.11.